The van der Waals surface area contributed by atoms with E-state index in [-0.39, 0.29) is 42.9 Å². The largest absolute Gasteiger partial charge is 0.491 e. The molecule has 38 heavy (non-hydrogen) atoms. The van der Waals surface area contributed by atoms with Crippen LogP contribution < -0.4 is 9.64 Å². The van der Waals surface area contributed by atoms with Gasteiger partial charge in [0.1, 0.15) is 12.4 Å². The molecule has 4 amide bonds. The number of para-hydroxylation sites is 2. The second-order valence-electron chi connectivity index (χ2n) is 10.6. The van der Waals surface area contributed by atoms with Crippen LogP contribution in [-0.2, 0) is 19.2 Å². The van der Waals surface area contributed by atoms with Crippen molar-refractivity contribution in [2.75, 3.05) is 18.1 Å². The third kappa shape index (κ3) is 3.25. The van der Waals surface area contributed by atoms with E-state index >= 15 is 0 Å². The molecular weight excluding hydrogens is 488 g/mol. The number of anilines is 1. The van der Waals surface area contributed by atoms with E-state index in [1.807, 2.05) is 24.3 Å². The molecule has 2 aliphatic heterocycles. The molecule has 9 heteroatoms. The number of aliphatic hydroxyl groups is 1. The number of aliphatic hydroxyl groups excluding tert-OH is 1. The van der Waals surface area contributed by atoms with Crippen LogP contribution >= 0.6 is 0 Å². The highest BCUT2D eigenvalue weighted by molar-refractivity contribution is 6.24. The molecule has 2 N–H and O–H groups in total. The van der Waals surface area contributed by atoms with Gasteiger partial charge in [-0.1, -0.05) is 48.0 Å². The molecule has 6 rings (SSSR count). The van der Waals surface area contributed by atoms with Crippen molar-refractivity contribution in [1.82, 2.24) is 5.06 Å². The van der Waals surface area contributed by atoms with Crippen LogP contribution in [-0.4, -0.2) is 52.2 Å². The molecule has 4 aliphatic rings. The Labute approximate surface area is 219 Å². The lowest BCUT2D eigenvalue weighted by atomic mass is 9.51. The highest BCUT2D eigenvalue weighted by Crippen LogP contribution is 2.64. The standard InChI is InChI=1S/C29H28N2O7/c1-29-21(26(34)30(28(29)36)16-7-3-2-4-8-16)15-20-17(11-12-19-23(20)27(35)31(37)25(19)33)24(29)18-9-5-6-10-22(18)38-14-13-32/h2-11,19-21,23-24,32,37H,12-15H2,1H3. The van der Waals surface area contributed by atoms with Crippen LogP contribution in [0.5, 0.6) is 5.75 Å². The molecule has 6 atom stereocenters. The Hall–Kier alpha value is -3.82. The number of fused-ring (bicyclic) bond motifs is 4. The van der Waals surface area contributed by atoms with Crippen molar-refractivity contribution in [2.45, 2.75) is 25.7 Å². The van der Waals surface area contributed by atoms with E-state index in [1.54, 1.807) is 43.3 Å². The lowest BCUT2D eigenvalue weighted by molar-refractivity contribution is -0.173. The number of benzene rings is 2. The first-order valence-corrected chi connectivity index (χ1v) is 12.8. The van der Waals surface area contributed by atoms with Gasteiger partial charge in [-0.05, 0) is 43.9 Å². The second-order valence-corrected chi connectivity index (χ2v) is 10.6. The van der Waals surface area contributed by atoms with E-state index < -0.39 is 46.8 Å². The van der Waals surface area contributed by atoms with Gasteiger partial charge in [0.05, 0.1) is 35.5 Å². The average Bonchev–Trinajstić information content (AvgIpc) is 3.27. The van der Waals surface area contributed by atoms with Crippen molar-refractivity contribution in [3.05, 3.63) is 71.8 Å². The van der Waals surface area contributed by atoms with E-state index in [0.29, 0.717) is 17.0 Å². The van der Waals surface area contributed by atoms with E-state index in [0.717, 1.165) is 5.57 Å². The Morgan fingerprint density at radius 2 is 1.66 bits per heavy atom. The number of hydroxylamine groups is 2. The second kappa shape index (κ2) is 8.89. The Balaban J connectivity index is 1.54. The van der Waals surface area contributed by atoms with Gasteiger partial charge in [0.25, 0.3) is 11.8 Å². The summed E-state index contributed by atoms with van der Waals surface area (Å²) in [5.74, 6) is -4.91. The van der Waals surface area contributed by atoms with Crippen molar-refractivity contribution in [3.63, 3.8) is 0 Å². The van der Waals surface area contributed by atoms with Gasteiger partial charge in [-0.25, -0.2) is 4.90 Å². The number of ether oxygens (including phenoxy) is 1. The average molecular weight is 517 g/mol. The zero-order chi connectivity index (χ0) is 26.8. The van der Waals surface area contributed by atoms with Crippen LogP contribution in [0.25, 0.3) is 0 Å². The summed E-state index contributed by atoms with van der Waals surface area (Å²) in [4.78, 5) is 55.2. The van der Waals surface area contributed by atoms with Crippen molar-refractivity contribution in [1.29, 1.82) is 0 Å². The number of carbonyl (C=O) groups excluding carboxylic acids is 4. The van der Waals surface area contributed by atoms with Crippen LogP contribution in [0.15, 0.2) is 66.2 Å². The smallest absolute Gasteiger partial charge is 0.257 e. The normalized spacial score (nSPS) is 32.2. The summed E-state index contributed by atoms with van der Waals surface area (Å²) >= 11 is 0. The molecule has 9 nitrogen and oxygen atoms in total. The van der Waals surface area contributed by atoms with Gasteiger partial charge < -0.3 is 9.84 Å². The Kier molecular flexibility index (Phi) is 5.73. The molecule has 2 aliphatic carbocycles. The summed E-state index contributed by atoms with van der Waals surface area (Å²) in [6, 6.07) is 16.0. The zero-order valence-corrected chi connectivity index (χ0v) is 20.8. The fraction of sp³-hybridized carbons (Fsp3) is 0.379. The van der Waals surface area contributed by atoms with Gasteiger partial charge in [-0.15, -0.1) is 0 Å². The van der Waals surface area contributed by atoms with E-state index in [1.165, 1.54) is 4.90 Å². The molecule has 0 bridgehead atoms. The number of imide groups is 2. The van der Waals surface area contributed by atoms with Gasteiger partial charge in [0, 0.05) is 11.5 Å². The van der Waals surface area contributed by atoms with Crippen LogP contribution in [0, 0.1) is 29.1 Å². The summed E-state index contributed by atoms with van der Waals surface area (Å²) in [6.45, 7) is 1.65. The predicted molar refractivity (Wildman–Crippen MR) is 134 cm³/mol. The fourth-order valence-corrected chi connectivity index (χ4v) is 7.17. The molecule has 2 saturated heterocycles. The van der Waals surface area contributed by atoms with Crippen molar-refractivity contribution in [3.8, 4) is 5.75 Å². The molecule has 196 valence electrons. The molecule has 0 radical (unpaired) electrons. The number of allylic oxidation sites excluding steroid dienone is 2. The maximum atomic E-state index is 14.3. The van der Waals surface area contributed by atoms with Crippen molar-refractivity contribution < 1.29 is 34.2 Å². The summed E-state index contributed by atoms with van der Waals surface area (Å²) in [5.41, 5.74) is 0.769. The van der Waals surface area contributed by atoms with Crippen molar-refractivity contribution in [2.24, 2.45) is 29.1 Å². The Bertz CT molecular complexity index is 1370. The lowest BCUT2D eigenvalue weighted by Gasteiger charge is -2.49. The molecule has 2 aromatic rings. The number of nitrogens with zero attached hydrogens (tertiary/aromatic N) is 2. The Morgan fingerprint density at radius 3 is 2.39 bits per heavy atom. The van der Waals surface area contributed by atoms with Gasteiger partial charge in [-0.2, -0.15) is 5.06 Å². The third-order valence-corrected chi connectivity index (χ3v) is 8.84. The minimum absolute atomic E-state index is 0.0481. The first-order valence-electron chi connectivity index (χ1n) is 12.8. The number of rotatable bonds is 5. The topological polar surface area (TPSA) is 124 Å². The molecule has 2 aromatic carbocycles. The minimum Gasteiger partial charge on any atom is -0.491 e. The maximum Gasteiger partial charge on any atom is 0.257 e. The number of hydrogen-bond donors (Lipinski definition) is 2. The lowest BCUT2D eigenvalue weighted by Crippen LogP contribution is -2.49. The zero-order valence-electron chi connectivity index (χ0n) is 20.8. The van der Waals surface area contributed by atoms with Crippen LogP contribution in [0.4, 0.5) is 5.69 Å². The van der Waals surface area contributed by atoms with Gasteiger partial charge in [0.15, 0.2) is 0 Å². The molecule has 1 saturated carbocycles. The highest BCUT2D eigenvalue weighted by Gasteiger charge is 2.67. The summed E-state index contributed by atoms with van der Waals surface area (Å²) in [7, 11) is 0. The quantitative estimate of drug-likeness (QED) is 0.356. The number of amides is 4. The van der Waals surface area contributed by atoms with Crippen LogP contribution in [0.1, 0.15) is 31.2 Å². The molecule has 0 spiro atoms. The minimum atomic E-state index is -1.19. The summed E-state index contributed by atoms with van der Waals surface area (Å²) in [5, 5.41) is 19.8. The molecule has 3 fully saturated rings. The van der Waals surface area contributed by atoms with E-state index in [9.17, 15) is 29.5 Å². The molecule has 0 aromatic heterocycles. The van der Waals surface area contributed by atoms with Crippen LogP contribution in [0.3, 0.4) is 0 Å². The molecular formula is C29H28N2O7. The van der Waals surface area contributed by atoms with Crippen molar-refractivity contribution >= 4 is 29.3 Å². The highest BCUT2D eigenvalue weighted by atomic mass is 16.5. The Morgan fingerprint density at radius 1 is 0.947 bits per heavy atom. The predicted octanol–water partition coefficient (Wildman–Crippen LogP) is 2.68. The van der Waals surface area contributed by atoms with Crippen LogP contribution in [0.2, 0.25) is 0 Å². The first-order chi connectivity index (χ1) is 18.3. The molecule has 2 heterocycles. The number of hydrogen-bond acceptors (Lipinski definition) is 7. The molecule has 6 unspecified atom stereocenters. The number of carbonyl (C=O) groups is 4. The summed E-state index contributed by atoms with van der Waals surface area (Å²) < 4.78 is 5.87. The fourth-order valence-electron chi connectivity index (χ4n) is 7.17. The summed E-state index contributed by atoms with van der Waals surface area (Å²) in [6.07, 6.45) is 2.37. The van der Waals surface area contributed by atoms with Gasteiger partial charge in [0.2, 0.25) is 11.8 Å². The van der Waals surface area contributed by atoms with E-state index in [4.69, 9.17) is 4.74 Å². The SMILES string of the molecule is CC12C(=O)N(c3ccccc3)C(=O)C1CC1C(=CCC3C(=O)N(O)C(=O)C31)C2c1ccccc1OCCO. The first kappa shape index (κ1) is 24.5. The third-order valence-electron chi connectivity index (χ3n) is 8.84. The maximum absolute atomic E-state index is 14.3. The van der Waals surface area contributed by atoms with E-state index in [2.05, 4.69) is 0 Å². The van der Waals surface area contributed by atoms with Gasteiger partial charge >= 0.3 is 0 Å². The van der Waals surface area contributed by atoms with Gasteiger partial charge in [-0.3, -0.25) is 24.4 Å². The monoisotopic (exact) mass is 516 g/mol.